The lowest BCUT2D eigenvalue weighted by Gasteiger charge is -2.05. The second kappa shape index (κ2) is 5.74. The first-order valence-electron chi connectivity index (χ1n) is 4.30. The normalized spacial score (nSPS) is 11.1. The highest BCUT2D eigenvalue weighted by Crippen LogP contribution is 1.91. The molecule has 76 valence electrons. The van der Waals surface area contributed by atoms with Crippen molar-refractivity contribution in [2.24, 2.45) is 10.7 Å². The van der Waals surface area contributed by atoms with Gasteiger partial charge in [-0.25, -0.2) is 9.97 Å². The van der Waals surface area contributed by atoms with Gasteiger partial charge in [-0.2, -0.15) is 0 Å². The number of hydrogen-bond acceptors (Lipinski definition) is 4. The molecule has 0 aliphatic heterocycles. The molecule has 0 aliphatic rings. The first kappa shape index (κ1) is 10.2. The molecule has 0 bridgehead atoms. The number of anilines is 1. The quantitative estimate of drug-likeness (QED) is 0.339. The van der Waals surface area contributed by atoms with Gasteiger partial charge in [0.05, 0.1) is 0 Å². The summed E-state index contributed by atoms with van der Waals surface area (Å²) in [5.74, 6) is 1.04. The van der Waals surface area contributed by atoms with Gasteiger partial charge in [-0.1, -0.05) is 0 Å². The number of hydrogen-bond donors (Lipinski definition) is 3. The van der Waals surface area contributed by atoms with E-state index in [1.54, 1.807) is 25.5 Å². The zero-order valence-corrected chi connectivity index (χ0v) is 8.07. The van der Waals surface area contributed by atoms with Crippen LogP contribution in [-0.4, -0.2) is 36.1 Å². The van der Waals surface area contributed by atoms with Crippen molar-refractivity contribution in [3.63, 3.8) is 0 Å². The second-order valence-electron chi connectivity index (χ2n) is 2.53. The fraction of sp³-hybridized carbons (Fsp3) is 0.375. The van der Waals surface area contributed by atoms with Crippen LogP contribution in [-0.2, 0) is 0 Å². The predicted octanol–water partition coefficient (Wildman–Crippen LogP) is -0.577. The van der Waals surface area contributed by atoms with E-state index in [1.807, 2.05) is 0 Å². The van der Waals surface area contributed by atoms with Crippen LogP contribution in [0.1, 0.15) is 0 Å². The van der Waals surface area contributed by atoms with Crippen LogP contribution in [0.4, 0.5) is 5.95 Å². The lowest BCUT2D eigenvalue weighted by atomic mass is 10.6. The topological polar surface area (TPSA) is 88.2 Å². The average Bonchev–Trinajstić information content (AvgIpc) is 2.25. The largest absolute Gasteiger partial charge is 0.370 e. The molecule has 0 saturated heterocycles. The number of nitrogens with one attached hydrogen (secondary N) is 2. The third kappa shape index (κ3) is 3.70. The molecule has 0 radical (unpaired) electrons. The average molecular weight is 194 g/mol. The van der Waals surface area contributed by atoms with Gasteiger partial charge in [0.15, 0.2) is 5.96 Å². The summed E-state index contributed by atoms with van der Waals surface area (Å²) >= 11 is 0. The number of aliphatic imine (C=N–C) groups is 1. The van der Waals surface area contributed by atoms with Crippen LogP contribution >= 0.6 is 0 Å². The van der Waals surface area contributed by atoms with E-state index < -0.39 is 0 Å². The standard InChI is InChI=1S/C8H14N6/c1-10-7(9)11-5-6-14-8-12-3-2-4-13-8/h2-4H,5-6H2,1H3,(H3,9,10,11)(H,12,13,14). The summed E-state index contributed by atoms with van der Waals surface area (Å²) < 4.78 is 0. The predicted molar refractivity (Wildman–Crippen MR) is 56.1 cm³/mol. The van der Waals surface area contributed by atoms with Crippen molar-refractivity contribution in [3.05, 3.63) is 18.5 Å². The molecule has 6 heteroatoms. The minimum Gasteiger partial charge on any atom is -0.370 e. The van der Waals surface area contributed by atoms with Crippen molar-refractivity contribution in [1.82, 2.24) is 15.3 Å². The molecule has 14 heavy (non-hydrogen) atoms. The van der Waals surface area contributed by atoms with E-state index in [0.29, 0.717) is 25.0 Å². The van der Waals surface area contributed by atoms with Gasteiger partial charge in [-0.05, 0) is 6.07 Å². The zero-order chi connectivity index (χ0) is 10.2. The number of aromatic nitrogens is 2. The Morgan fingerprint density at radius 1 is 1.43 bits per heavy atom. The van der Waals surface area contributed by atoms with Gasteiger partial charge in [0, 0.05) is 32.5 Å². The van der Waals surface area contributed by atoms with E-state index in [1.165, 1.54) is 0 Å². The Hall–Kier alpha value is -1.85. The Bertz CT molecular complexity index is 283. The van der Waals surface area contributed by atoms with E-state index in [-0.39, 0.29) is 0 Å². The smallest absolute Gasteiger partial charge is 0.222 e. The molecule has 0 unspecified atom stereocenters. The molecular formula is C8H14N6. The summed E-state index contributed by atoms with van der Waals surface area (Å²) in [5.41, 5.74) is 5.43. The van der Waals surface area contributed by atoms with Gasteiger partial charge in [0.2, 0.25) is 5.95 Å². The molecule has 1 heterocycles. The highest BCUT2D eigenvalue weighted by Gasteiger charge is 1.92. The molecule has 1 aromatic heterocycles. The zero-order valence-electron chi connectivity index (χ0n) is 8.07. The monoisotopic (exact) mass is 194 g/mol. The van der Waals surface area contributed by atoms with Crippen molar-refractivity contribution in [3.8, 4) is 0 Å². The van der Waals surface area contributed by atoms with E-state index >= 15 is 0 Å². The number of nitrogens with zero attached hydrogens (tertiary/aromatic N) is 3. The summed E-state index contributed by atoms with van der Waals surface area (Å²) in [7, 11) is 1.63. The third-order valence-corrected chi connectivity index (χ3v) is 1.52. The van der Waals surface area contributed by atoms with Crippen LogP contribution in [0.5, 0.6) is 0 Å². The summed E-state index contributed by atoms with van der Waals surface area (Å²) in [6.07, 6.45) is 3.37. The Kier molecular flexibility index (Phi) is 4.19. The van der Waals surface area contributed by atoms with Gasteiger partial charge in [-0.3, -0.25) is 4.99 Å². The molecule has 0 spiro atoms. The summed E-state index contributed by atoms with van der Waals surface area (Å²) in [4.78, 5) is 11.8. The van der Waals surface area contributed by atoms with E-state index in [4.69, 9.17) is 5.73 Å². The SMILES string of the molecule is CN=C(N)NCCNc1ncccn1. The maximum atomic E-state index is 5.43. The van der Waals surface area contributed by atoms with Gasteiger partial charge in [0.25, 0.3) is 0 Å². The highest BCUT2D eigenvalue weighted by atomic mass is 15.1. The molecule has 4 N–H and O–H groups in total. The third-order valence-electron chi connectivity index (χ3n) is 1.52. The first-order chi connectivity index (χ1) is 6.83. The van der Waals surface area contributed by atoms with Crippen molar-refractivity contribution in [2.45, 2.75) is 0 Å². The molecule has 0 saturated carbocycles. The van der Waals surface area contributed by atoms with Gasteiger partial charge >= 0.3 is 0 Å². The Morgan fingerprint density at radius 2 is 2.14 bits per heavy atom. The van der Waals surface area contributed by atoms with Gasteiger partial charge in [0.1, 0.15) is 0 Å². The van der Waals surface area contributed by atoms with E-state index in [0.717, 1.165) is 0 Å². The molecule has 6 nitrogen and oxygen atoms in total. The van der Waals surface area contributed by atoms with Crippen LogP contribution in [0.25, 0.3) is 0 Å². The fourth-order valence-corrected chi connectivity index (χ4v) is 0.834. The summed E-state index contributed by atoms with van der Waals surface area (Å²) in [6.45, 7) is 1.38. The first-order valence-corrected chi connectivity index (χ1v) is 4.30. The van der Waals surface area contributed by atoms with Crippen molar-refractivity contribution < 1.29 is 0 Å². The fourth-order valence-electron chi connectivity index (χ4n) is 0.834. The Balaban J connectivity index is 2.17. The van der Waals surface area contributed by atoms with Gasteiger partial charge in [-0.15, -0.1) is 0 Å². The van der Waals surface area contributed by atoms with Crippen LogP contribution in [0, 0.1) is 0 Å². The summed E-state index contributed by atoms with van der Waals surface area (Å²) in [5, 5.41) is 5.94. The molecule has 0 fully saturated rings. The van der Waals surface area contributed by atoms with Crippen LogP contribution in [0.15, 0.2) is 23.5 Å². The summed E-state index contributed by atoms with van der Waals surface area (Å²) in [6, 6.07) is 1.77. The number of nitrogens with two attached hydrogens (primary N) is 1. The Labute approximate surface area is 82.7 Å². The molecule has 0 aromatic carbocycles. The Morgan fingerprint density at radius 3 is 2.79 bits per heavy atom. The molecule has 1 rings (SSSR count). The molecular weight excluding hydrogens is 180 g/mol. The lowest BCUT2D eigenvalue weighted by Crippen LogP contribution is -2.34. The van der Waals surface area contributed by atoms with Crippen LogP contribution in [0.2, 0.25) is 0 Å². The molecule has 1 aromatic rings. The van der Waals surface area contributed by atoms with Gasteiger partial charge < -0.3 is 16.4 Å². The lowest BCUT2D eigenvalue weighted by molar-refractivity contribution is 0.884. The van der Waals surface area contributed by atoms with Crippen molar-refractivity contribution in [2.75, 3.05) is 25.5 Å². The minimum absolute atomic E-state index is 0.431. The second-order valence-corrected chi connectivity index (χ2v) is 2.53. The molecule has 0 atom stereocenters. The number of rotatable bonds is 4. The van der Waals surface area contributed by atoms with Crippen LogP contribution in [0.3, 0.4) is 0 Å². The molecule has 0 amide bonds. The van der Waals surface area contributed by atoms with Crippen molar-refractivity contribution in [1.29, 1.82) is 0 Å². The highest BCUT2D eigenvalue weighted by molar-refractivity contribution is 5.77. The maximum Gasteiger partial charge on any atom is 0.222 e. The molecule has 0 aliphatic carbocycles. The van der Waals surface area contributed by atoms with E-state index in [2.05, 4.69) is 25.6 Å². The number of guanidine groups is 1. The maximum absolute atomic E-state index is 5.43. The minimum atomic E-state index is 0.431. The van der Waals surface area contributed by atoms with E-state index in [9.17, 15) is 0 Å². The van der Waals surface area contributed by atoms with Crippen LogP contribution < -0.4 is 16.4 Å². The van der Waals surface area contributed by atoms with Crippen molar-refractivity contribution >= 4 is 11.9 Å².